The number of carbonyl (C=O) groups is 3. The highest BCUT2D eigenvalue weighted by Gasteiger charge is 2.38. The summed E-state index contributed by atoms with van der Waals surface area (Å²) in [5.74, 6) is -1.09. The minimum atomic E-state index is -0.789. The van der Waals surface area contributed by atoms with E-state index in [0.29, 0.717) is 38.9 Å². The Morgan fingerprint density at radius 3 is 2.36 bits per heavy atom. The molecule has 0 saturated carbocycles. The third kappa shape index (κ3) is 5.42. The molecule has 0 saturated heterocycles. The Balaban J connectivity index is 1.54. The lowest BCUT2D eigenvalue weighted by atomic mass is 9.93. The fraction of sp³-hybridized carbons (Fsp3) is 0.229. The number of hydrogen-bond acceptors (Lipinski definition) is 7. The van der Waals surface area contributed by atoms with Gasteiger partial charge in [-0.05, 0) is 49.1 Å². The lowest BCUT2D eigenvalue weighted by molar-refractivity contribution is -0.142. The molecule has 0 radical (unpaired) electrons. The van der Waals surface area contributed by atoms with Crippen LogP contribution in [0.2, 0.25) is 0 Å². The Morgan fingerprint density at radius 1 is 0.978 bits per heavy atom. The smallest absolute Gasteiger partial charge is 0.326 e. The standard InChI is InChI=1S/C35H32N4O5S/c1-5-44-27(40)19-38-26-14-10-9-13-25(26)29(33(38)42)31-34(43)39-30(23-17-15-22(16-18-23)20(2)3)28(21(4)36-35(39)45-31)32(41)37-24-11-7-6-8-12-24/h6-18,20,30H,5,19H2,1-4H3,(H,37,41)/b31-29+/t30-/m0/s1. The van der Waals surface area contributed by atoms with Crippen molar-refractivity contribution >= 4 is 46.1 Å². The number of nitrogens with zero attached hydrogens (tertiary/aromatic N) is 3. The Bertz CT molecular complexity index is 2040. The largest absolute Gasteiger partial charge is 0.465 e. The molecule has 2 aliphatic heterocycles. The first-order chi connectivity index (χ1) is 21.7. The molecule has 0 spiro atoms. The van der Waals surface area contributed by atoms with Gasteiger partial charge in [-0.15, -0.1) is 0 Å². The van der Waals surface area contributed by atoms with Crippen molar-refractivity contribution in [3.05, 3.63) is 127 Å². The molecule has 1 aromatic heterocycles. The lowest BCUT2D eigenvalue weighted by Crippen LogP contribution is -2.41. The van der Waals surface area contributed by atoms with Crippen LogP contribution in [0.5, 0.6) is 0 Å². The zero-order valence-electron chi connectivity index (χ0n) is 25.4. The second-order valence-corrected chi connectivity index (χ2v) is 12.1. The first-order valence-corrected chi connectivity index (χ1v) is 15.6. The minimum absolute atomic E-state index is 0.186. The maximum absolute atomic E-state index is 14.5. The highest BCUT2D eigenvalue weighted by molar-refractivity contribution is 7.07. The van der Waals surface area contributed by atoms with E-state index in [0.717, 1.165) is 22.5 Å². The van der Waals surface area contributed by atoms with Gasteiger partial charge in [0.05, 0.1) is 35.2 Å². The van der Waals surface area contributed by atoms with Crippen LogP contribution in [-0.4, -0.2) is 35.5 Å². The summed E-state index contributed by atoms with van der Waals surface area (Å²) < 4.78 is 6.81. The molecule has 9 nitrogen and oxygen atoms in total. The van der Waals surface area contributed by atoms with Crippen molar-refractivity contribution in [1.29, 1.82) is 0 Å². The Labute approximate surface area is 263 Å². The van der Waals surface area contributed by atoms with Crippen molar-refractivity contribution in [3.63, 3.8) is 0 Å². The van der Waals surface area contributed by atoms with Crippen molar-refractivity contribution < 1.29 is 19.1 Å². The van der Waals surface area contributed by atoms with Gasteiger partial charge in [-0.1, -0.05) is 85.8 Å². The highest BCUT2D eigenvalue weighted by Crippen LogP contribution is 2.36. The number of thiazole rings is 1. The molecule has 1 N–H and O–H groups in total. The van der Waals surface area contributed by atoms with Gasteiger partial charge in [0, 0.05) is 11.3 Å². The summed E-state index contributed by atoms with van der Waals surface area (Å²) >= 11 is 1.10. The van der Waals surface area contributed by atoms with E-state index in [-0.39, 0.29) is 29.2 Å². The molecule has 10 heteroatoms. The van der Waals surface area contributed by atoms with Gasteiger partial charge in [0.2, 0.25) is 0 Å². The number of nitrogens with one attached hydrogen (secondary N) is 1. The molecule has 228 valence electrons. The number of para-hydroxylation sites is 2. The van der Waals surface area contributed by atoms with Crippen LogP contribution in [0.3, 0.4) is 0 Å². The summed E-state index contributed by atoms with van der Waals surface area (Å²) in [7, 11) is 0. The first kappa shape index (κ1) is 30.0. The lowest BCUT2D eigenvalue weighted by Gasteiger charge is -2.25. The van der Waals surface area contributed by atoms with Gasteiger partial charge in [-0.3, -0.25) is 28.6 Å². The maximum atomic E-state index is 14.5. The van der Waals surface area contributed by atoms with Crippen LogP contribution in [0.4, 0.5) is 11.4 Å². The van der Waals surface area contributed by atoms with E-state index in [1.165, 1.54) is 9.47 Å². The predicted molar refractivity (Wildman–Crippen MR) is 174 cm³/mol. The van der Waals surface area contributed by atoms with E-state index in [2.05, 4.69) is 19.2 Å². The third-order valence-electron chi connectivity index (χ3n) is 7.94. The highest BCUT2D eigenvalue weighted by atomic mass is 32.1. The van der Waals surface area contributed by atoms with Crippen molar-refractivity contribution in [1.82, 2.24) is 4.57 Å². The molecular formula is C35H32N4O5S. The molecule has 2 amide bonds. The van der Waals surface area contributed by atoms with Gasteiger partial charge in [0.15, 0.2) is 4.80 Å². The SMILES string of the molecule is CCOC(=O)CN1C(=O)/C(=c2/sc3n(c2=O)[C@@H](c2ccc(C(C)C)cc2)C(C(=O)Nc2ccccc2)=C(C)N=3)c2ccccc21. The molecule has 45 heavy (non-hydrogen) atoms. The van der Waals surface area contributed by atoms with Crippen molar-refractivity contribution in [3.8, 4) is 0 Å². The van der Waals surface area contributed by atoms with Gasteiger partial charge < -0.3 is 10.1 Å². The second kappa shape index (κ2) is 12.1. The fourth-order valence-corrected chi connectivity index (χ4v) is 6.89. The van der Waals surface area contributed by atoms with Gasteiger partial charge in [-0.25, -0.2) is 4.99 Å². The number of rotatable bonds is 7. The van der Waals surface area contributed by atoms with Crippen molar-refractivity contribution in [2.45, 2.75) is 39.7 Å². The van der Waals surface area contributed by atoms with Crippen molar-refractivity contribution in [2.24, 2.45) is 4.99 Å². The number of benzene rings is 3. The average molecular weight is 621 g/mol. The quantitative estimate of drug-likeness (QED) is 0.310. The number of fused-ring (bicyclic) bond motifs is 2. The van der Waals surface area contributed by atoms with E-state index in [9.17, 15) is 19.2 Å². The van der Waals surface area contributed by atoms with Crippen molar-refractivity contribution in [2.75, 3.05) is 23.4 Å². The number of hydrogen-bond donors (Lipinski definition) is 1. The Kier molecular flexibility index (Phi) is 8.07. The number of allylic oxidation sites excluding steroid dienone is 1. The average Bonchev–Trinajstić information content (AvgIpc) is 3.49. The van der Waals surface area contributed by atoms with E-state index < -0.39 is 23.5 Å². The zero-order chi connectivity index (χ0) is 31.8. The number of anilines is 2. The molecule has 0 bridgehead atoms. The molecule has 0 fully saturated rings. The third-order valence-corrected chi connectivity index (χ3v) is 8.99. The number of esters is 1. The van der Waals surface area contributed by atoms with E-state index >= 15 is 0 Å². The number of amides is 2. The summed E-state index contributed by atoms with van der Waals surface area (Å²) in [4.78, 5) is 61.1. The summed E-state index contributed by atoms with van der Waals surface area (Å²) in [6, 6.07) is 23.3. The van der Waals surface area contributed by atoms with Crippen LogP contribution >= 0.6 is 11.3 Å². The summed E-state index contributed by atoms with van der Waals surface area (Å²) in [6.07, 6.45) is 0. The fourth-order valence-electron chi connectivity index (χ4n) is 5.75. The summed E-state index contributed by atoms with van der Waals surface area (Å²) in [5.41, 5.74) is 4.12. The normalized spacial score (nSPS) is 16.8. The number of aromatic nitrogens is 1. The number of ether oxygens (including phenoxy) is 1. The van der Waals surface area contributed by atoms with Crippen LogP contribution in [0.15, 0.2) is 99.9 Å². The van der Waals surface area contributed by atoms with Crippen LogP contribution in [0, 0.1) is 0 Å². The van der Waals surface area contributed by atoms with E-state index in [1.807, 2.05) is 42.5 Å². The molecule has 0 unspecified atom stereocenters. The van der Waals surface area contributed by atoms with Gasteiger partial charge >= 0.3 is 5.97 Å². The van der Waals surface area contributed by atoms with E-state index in [4.69, 9.17) is 9.73 Å². The molecule has 4 aromatic rings. The maximum Gasteiger partial charge on any atom is 0.326 e. The molecule has 1 atom stereocenters. The van der Waals surface area contributed by atoms with Crippen LogP contribution < -0.4 is 25.1 Å². The summed E-state index contributed by atoms with van der Waals surface area (Å²) in [5, 5.41) is 2.96. The van der Waals surface area contributed by atoms with Gasteiger partial charge in [0.25, 0.3) is 17.4 Å². The predicted octanol–water partition coefficient (Wildman–Crippen LogP) is 4.28. The van der Waals surface area contributed by atoms with Crippen LogP contribution in [-0.2, 0) is 19.1 Å². The van der Waals surface area contributed by atoms with Gasteiger partial charge in [0.1, 0.15) is 11.1 Å². The van der Waals surface area contributed by atoms with E-state index in [1.54, 1.807) is 50.2 Å². The molecule has 3 aromatic carbocycles. The van der Waals surface area contributed by atoms with Gasteiger partial charge in [-0.2, -0.15) is 0 Å². The van der Waals surface area contributed by atoms with Crippen LogP contribution in [0.25, 0.3) is 5.57 Å². The molecule has 0 aliphatic carbocycles. The monoisotopic (exact) mass is 620 g/mol. The molecule has 2 aliphatic rings. The number of carbonyl (C=O) groups excluding carboxylic acids is 3. The Morgan fingerprint density at radius 2 is 1.67 bits per heavy atom. The molecule has 6 rings (SSSR count). The molecular weight excluding hydrogens is 588 g/mol. The molecule has 3 heterocycles. The first-order valence-electron chi connectivity index (χ1n) is 14.8. The minimum Gasteiger partial charge on any atom is -0.465 e. The second-order valence-electron chi connectivity index (χ2n) is 11.1. The topological polar surface area (TPSA) is 110 Å². The zero-order valence-corrected chi connectivity index (χ0v) is 26.2. The van der Waals surface area contributed by atoms with Crippen LogP contribution in [0.1, 0.15) is 56.3 Å². The Hall–Kier alpha value is -5.09. The summed E-state index contributed by atoms with van der Waals surface area (Å²) in [6.45, 7) is 7.57.